The standard InChI is InChI=1S/C17H15BrN2O/c18-15-11-5-4-10-14(15)17-20-19-16(21-17)12-6-9-13-7-2-1-3-8-13/h1-5,7-8,10-11H,6,9,12H2. The zero-order chi connectivity index (χ0) is 14.5. The Labute approximate surface area is 132 Å². The minimum absolute atomic E-state index is 0.567. The average molecular weight is 343 g/mol. The average Bonchev–Trinajstić information content (AvgIpc) is 2.97. The largest absolute Gasteiger partial charge is 0.421 e. The second kappa shape index (κ2) is 6.68. The Kier molecular flexibility index (Phi) is 4.46. The van der Waals surface area contributed by atoms with Crippen molar-refractivity contribution in [1.82, 2.24) is 10.2 Å². The quantitative estimate of drug-likeness (QED) is 0.675. The van der Waals surface area contributed by atoms with Crippen LogP contribution >= 0.6 is 15.9 Å². The van der Waals surface area contributed by atoms with Crippen molar-refractivity contribution in [3.8, 4) is 11.5 Å². The molecule has 3 aromatic rings. The van der Waals surface area contributed by atoms with Gasteiger partial charge in [-0.25, -0.2) is 0 Å². The van der Waals surface area contributed by atoms with Gasteiger partial charge in [-0.3, -0.25) is 0 Å². The Morgan fingerprint density at radius 3 is 2.43 bits per heavy atom. The van der Waals surface area contributed by atoms with Crippen molar-refractivity contribution in [2.75, 3.05) is 0 Å². The van der Waals surface area contributed by atoms with Gasteiger partial charge in [0.2, 0.25) is 11.8 Å². The molecule has 0 aliphatic rings. The van der Waals surface area contributed by atoms with Crippen LogP contribution in [0.3, 0.4) is 0 Å². The zero-order valence-electron chi connectivity index (χ0n) is 11.5. The van der Waals surface area contributed by atoms with Crippen LogP contribution in [0.4, 0.5) is 0 Å². The molecular weight excluding hydrogens is 328 g/mol. The Morgan fingerprint density at radius 1 is 0.857 bits per heavy atom. The third-order valence-corrected chi connectivity index (χ3v) is 3.96. The van der Waals surface area contributed by atoms with Crippen molar-refractivity contribution in [2.45, 2.75) is 19.3 Å². The molecule has 1 heterocycles. The molecule has 0 saturated carbocycles. The van der Waals surface area contributed by atoms with Gasteiger partial charge < -0.3 is 4.42 Å². The second-order valence-electron chi connectivity index (χ2n) is 4.82. The van der Waals surface area contributed by atoms with E-state index in [-0.39, 0.29) is 0 Å². The van der Waals surface area contributed by atoms with Crippen LogP contribution in [-0.4, -0.2) is 10.2 Å². The summed E-state index contributed by atoms with van der Waals surface area (Å²) >= 11 is 3.50. The molecule has 21 heavy (non-hydrogen) atoms. The van der Waals surface area contributed by atoms with Crippen LogP contribution < -0.4 is 0 Å². The Morgan fingerprint density at radius 2 is 1.62 bits per heavy atom. The Bertz CT molecular complexity index is 710. The number of hydrogen-bond donors (Lipinski definition) is 0. The van der Waals surface area contributed by atoms with Crippen LogP contribution in [0.15, 0.2) is 63.5 Å². The summed E-state index contributed by atoms with van der Waals surface area (Å²) in [5.41, 5.74) is 2.27. The summed E-state index contributed by atoms with van der Waals surface area (Å²) in [5, 5.41) is 8.25. The van der Waals surface area contributed by atoms with Gasteiger partial charge in [0, 0.05) is 10.9 Å². The summed E-state index contributed by atoms with van der Waals surface area (Å²) in [6, 6.07) is 18.3. The maximum Gasteiger partial charge on any atom is 0.248 e. The number of benzene rings is 2. The minimum Gasteiger partial charge on any atom is -0.421 e. The van der Waals surface area contributed by atoms with Gasteiger partial charge >= 0.3 is 0 Å². The molecule has 0 atom stereocenters. The van der Waals surface area contributed by atoms with Gasteiger partial charge in [0.1, 0.15) is 0 Å². The predicted octanol–water partition coefficient (Wildman–Crippen LogP) is 4.67. The van der Waals surface area contributed by atoms with Gasteiger partial charge in [-0.05, 0) is 46.5 Å². The molecule has 0 radical (unpaired) electrons. The normalized spacial score (nSPS) is 10.7. The summed E-state index contributed by atoms with van der Waals surface area (Å²) in [5.74, 6) is 1.26. The first kappa shape index (κ1) is 14.0. The third kappa shape index (κ3) is 3.58. The lowest BCUT2D eigenvalue weighted by Crippen LogP contribution is -1.90. The summed E-state index contributed by atoms with van der Waals surface area (Å²) < 4.78 is 6.70. The van der Waals surface area contributed by atoms with Gasteiger partial charge in [0.05, 0.1) is 5.56 Å². The SMILES string of the molecule is Brc1ccccc1-c1nnc(CCCc2ccccc2)o1. The summed E-state index contributed by atoms with van der Waals surface area (Å²) in [7, 11) is 0. The predicted molar refractivity (Wildman–Crippen MR) is 85.9 cm³/mol. The number of aromatic nitrogens is 2. The van der Waals surface area contributed by atoms with E-state index in [4.69, 9.17) is 4.42 Å². The Hall–Kier alpha value is -1.94. The first-order valence-corrected chi connectivity index (χ1v) is 7.73. The van der Waals surface area contributed by atoms with E-state index in [0.29, 0.717) is 11.8 Å². The summed E-state index contributed by atoms with van der Waals surface area (Å²) in [4.78, 5) is 0. The van der Waals surface area contributed by atoms with Crippen molar-refractivity contribution in [2.24, 2.45) is 0 Å². The van der Waals surface area contributed by atoms with Gasteiger partial charge in [-0.2, -0.15) is 0 Å². The van der Waals surface area contributed by atoms with E-state index in [9.17, 15) is 0 Å². The van der Waals surface area contributed by atoms with Crippen LogP contribution in [0.2, 0.25) is 0 Å². The molecule has 0 unspecified atom stereocenters. The molecule has 0 saturated heterocycles. The number of nitrogens with zero attached hydrogens (tertiary/aromatic N) is 2. The maximum absolute atomic E-state index is 5.74. The molecule has 0 bridgehead atoms. The topological polar surface area (TPSA) is 38.9 Å². The molecule has 4 heteroatoms. The molecule has 0 aliphatic heterocycles. The van der Waals surface area contributed by atoms with Crippen LogP contribution in [0.5, 0.6) is 0 Å². The molecule has 0 amide bonds. The van der Waals surface area contributed by atoms with E-state index >= 15 is 0 Å². The third-order valence-electron chi connectivity index (χ3n) is 3.27. The molecule has 0 spiro atoms. The van der Waals surface area contributed by atoms with Gasteiger partial charge in [0.25, 0.3) is 0 Å². The van der Waals surface area contributed by atoms with E-state index < -0.39 is 0 Å². The lowest BCUT2D eigenvalue weighted by Gasteiger charge is -1.99. The lowest BCUT2D eigenvalue weighted by molar-refractivity contribution is 0.497. The number of halogens is 1. The maximum atomic E-state index is 5.74. The van der Waals surface area contributed by atoms with Gasteiger partial charge in [-0.1, -0.05) is 42.5 Å². The lowest BCUT2D eigenvalue weighted by atomic mass is 10.1. The van der Waals surface area contributed by atoms with E-state index in [1.165, 1.54) is 5.56 Å². The first-order chi connectivity index (χ1) is 10.3. The molecule has 2 aromatic carbocycles. The van der Waals surface area contributed by atoms with Crippen molar-refractivity contribution >= 4 is 15.9 Å². The molecule has 106 valence electrons. The highest BCUT2D eigenvalue weighted by atomic mass is 79.9. The monoisotopic (exact) mass is 342 g/mol. The second-order valence-corrected chi connectivity index (χ2v) is 5.67. The number of aryl methyl sites for hydroxylation is 2. The van der Waals surface area contributed by atoms with Crippen molar-refractivity contribution in [1.29, 1.82) is 0 Å². The van der Waals surface area contributed by atoms with Crippen LogP contribution in [0, 0.1) is 0 Å². The molecule has 0 fully saturated rings. The van der Waals surface area contributed by atoms with E-state index in [2.05, 4.69) is 50.4 Å². The number of rotatable bonds is 5. The van der Waals surface area contributed by atoms with Crippen molar-refractivity contribution < 1.29 is 4.42 Å². The molecule has 1 aromatic heterocycles. The van der Waals surface area contributed by atoms with E-state index in [1.54, 1.807) is 0 Å². The molecular formula is C17H15BrN2O. The van der Waals surface area contributed by atoms with Gasteiger partial charge in [-0.15, -0.1) is 10.2 Å². The highest BCUT2D eigenvalue weighted by Crippen LogP contribution is 2.26. The minimum atomic E-state index is 0.567. The first-order valence-electron chi connectivity index (χ1n) is 6.94. The highest BCUT2D eigenvalue weighted by molar-refractivity contribution is 9.10. The smallest absolute Gasteiger partial charge is 0.248 e. The fraction of sp³-hybridized carbons (Fsp3) is 0.176. The van der Waals surface area contributed by atoms with E-state index in [1.807, 2.05) is 30.3 Å². The summed E-state index contributed by atoms with van der Waals surface area (Å²) in [6.07, 6.45) is 2.82. The van der Waals surface area contributed by atoms with Crippen LogP contribution in [0.1, 0.15) is 17.9 Å². The molecule has 3 rings (SSSR count). The van der Waals surface area contributed by atoms with Crippen LogP contribution in [0.25, 0.3) is 11.5 Å². The molecule has 0 N–H and O–H groups in total. The van der Waals surface area contributed by atoms with Gasteiger partial charge in [0.15, 0.2) is 0 Å². The van der Waals surface area contributed by atoms with Crippen LogP contribution in [-0.2, 0) is 12.8 Å². The van der Waals surface area contributed by atoms with Crippen molar-refractivity contribution in [3.63, 3.8) is 0 Å². The van der Waals surface area contributed by atoms with E-state index in [0.717, 1.165) is 29.3 Å². The fourth-order valence-electron chi connectivity index (χ4n) is 2.19. The number of hydrogen-bond acceptors (Lipinski definition) is 3. The highest BCUT2D eigenvalue weighted by Gasteiger charge is 2.10. The molecule has 0 aliphatic carbocycles. The molecule has 3 nitrogen and oxygen atoms in total. The Balaban J connectivity index is 1.62. The van der Waals surface area contributed by atoms with Crippen molar-refractivity contribution in [3.05, 3.63) is 70.5 Å². The zero-order valence-corrected chi connectivity index (χ0v) is 13.1. The summed E-state index contributed by atoms with van der Waals surface area (Å²) in [6.45, 7) is 0. The fourth-order valence-corrected chi connectivity index (χ4v) is 2.64.